The molecule has 3 amide bonds. The molecule has 2 rings (SSSR count). The van der Waals surface area contributed by atoms with Gasteiger partial charge in [0.25, 0.3) is 0 Å². The van der Waals surface area contributed by atoms with Crippen LogP contribution in [-0.2, 0) is 4.79 Å². The monoisotopic (exact) mass is 279 g/mol. The average molecular weight is 279 g/mol. The fourth-order valence-corrected chi connectivity index (χ4v) is 2.36. The molecule has 1 saturated heterocycles. The Morgan fingerprint density at radius 1 is 1.26 bits per heavy atom. The van der Waals surface area contributed by atoms with Crippen LogP contribution < -0.4 is 11.1 Å². The summed E-state index contributed by atoms with van der Waals surface area (Å²) >= 11 is 4.28. The molecule has 3 N–H and O–H groups in total. The van der Waals surface area contributed by atoms with Gasteiger partial charge in [-0.25, -0.2) is 4.79 Å². The molecular formula is C13H17N3O2S. The summed E-state index contributed by atoms with van der Waals surface area (Å²) in [5.74, 6) is -0.387. The number of para-hydroxylation sites is 1. The Bertz CT molecular complexity index is 485. The Labute approximate surface area is 117 Å². The predicted octanol–water partition coefficient (Wildman–Crippen LogP) is 1.70. The number of hydrogen-bond acceptors (Lipinski definition) is 3. The predicted molar refractivity (Wildman–Crippen MR) is 76.2 cm³/mol. The zero-order chi connectivity index (χ0) is 13.8. The Morgan fingerprint density at radius 2 is 1.89 bits per heavy atom. The number of urea groups is 1. The van der Waals surface area contributed by atoms with Crippen LogP contribution in [0.25, 0.3) is 0 Å². The lowest BCUT2D eigenvalue weighted by Crippen LogP contribution is -2.43. The number of carbonyl (C=O) groups excluding carboxylic acids is 2. The molecule has 0 aromatic heterocycles. The molecular weight excluding hydrogens is 262 g/mol. The van der Waals surface area contributed by atoms with E-state index in [1.165, 1.54) is 0 Å². The van der Waals surface area contributed by atoms with Crippen LogP contribution in [0.5, 0.6) is 0 Å². The summed E-state index contributed by atoms with van der Waals surface area (Å²) in [7, 11) is 0. The van der Waals surface area contributed by atoms with E-state index < -0.39 is 0 Å². The quantitative estimate of drug-likeness (QED) is 0.721. The summed E-state index contributed by atoms with van der Waals surface area (Å²) in [5.41, 5.74) is 5.95. The minimum Gasteiger partial charge on any atom is -0.369 e. The number of nitrogens with two attached hydrogens (primary N) is 1. The second kappa shape index (κ2) is 5.97. The Hall–Kier alpha value is -1.69. The van der Waals surface area contributed by atoms with Gasteiger partial charge in [-0.2, -0.15) is 0 Å². The summed E-state index contributed by atoms with van der Waals surface area (Å²) in [6.45, 7) is 1.10. The van der Waals surface area contributed by atoms with Crippen molar-refractivity contribution in [3.05, 3.63) is 24.3 Å². The number of likely N-dealkylation sites (tertiary alicyclic amines) is 1. The molecule has 6 heteroatoms. The minimum atomic E-state index is -0.277. The lowest BCUT2D eigenvalue weighted by molar-refractivity contribution is -0.122. The SMILES string of the molecule is NC(=O)C1CCN(C(=O)Nc2ccccc2S)CC1. The van der Waals surface area contributed by atoms with Crippen LogP contribution in [0.4, 0.5) is 10.5 Å². The van der Waals surface area contributed by atoms with Gasteiger partial charge in [0, 0.05) is 23.9 Å². The van der Waals surface area contributed by atoms with Crippen LogP contribution >= 0.6 is 12.6 Å². The van der Waals surface area contributed by atoms with Gasteiger partial charge >= 0.3 is 6.03 Å². The molecule has 0 bridgehead atoms. The van der Waals surface area contributed by atoms with Crippen LogP contribution in [0.1, 0.15) is 12.8 Å². The zero-order valence-corrected chi connectivity index (χ0v) is 11.4. The summed E-state index contributed by atoms with van der Waals surface area (Å²) in [6.07, 6.45) is 1.26. The number of carbonyl (C=O) groups is 2. The van der Waals surface area contributed by atoms with E-state index in [1.807, 2.05) is 18.2 Å². The molecule has 1 fully saturated rings. The van der Waals surface area contributed by atoms with Gasteiger partial charge in [-0.1, -0.05) is 12.1 Å². The van der Waals surface area contributed by atoms with E-state index in [4.69, 9.17) is 5.73 Å². The van der Waals surface area contributed by atoms with Crippen LogP contribution in [0.2, 0.25) is 0 Å². The van der Waals surface area contributed by atoms with Crippen molar-refractivity contribution < 1.29 is 9.59 Å². The highest BCUT2D eigenvalue weighted by molar-refractivity contribution is 7.80. The molecule has 1 aromatic carbocycles. The molecule has 102 valence electrons. The third kappa shape index (κ3) is 3.41. The van der Waals surface area contributed by atoms with Gasteiger partial charge in [0.05, 0.1) is 5.69 Å². The maximum absolute atomic E-state index is 12.1. The van der Waals surface area contributed by atoms with Gasteiger partial charge in [0.1, 0.15) is 0 Å². The first-order valence-corrected chi connectivity index (χ1v) is 6.66. The van der Waals surface area contributed by atoms with E-state index in [2.05, 4.69) is 17.9 Å². The maximum Gasteiger partial charge on any atom is 0.321 e. The fraction of sp³-hybridized carbons (Fsp3) is 0.385. The van der Waals surface area contributed by atoms with Crippen molar-refractivity contribution >= 4 is 30.3 Å². The number of thiol groups is 1. The van der Waals surface area contributed by atoms with Crippen molar-refractivity contribution in [1.29, 1.82) is 0 Å². The topological polar surface area (TPSA) is 75.4 Å². The van der Waals surface area contributed by atoms with Crippen LogP contribution in [0.3, 0.4) is 0 Å². The molecule has 5 nitrogen and oxygen atoms in total. The van der Waals surface area contributed by atoms with E-state index in [1.54, 1.807) is 11.0 Å². The number of nitrogens with one attached hydrogen (secondary N) is 1. The molecule has 0 spiro atoms. The molecule has 19 heavy (non-hydrogen) atoms. The molecule has 1 aliphatic heterocycles. The first-order valence-electron chi connectivity index (χ1n) is 6.21. The van der Waals surface area contributed by atoms with Gasteiger partial charge in [0.2, 0.25) is 5.91 Å². The third-order valence-corrected chi connectivity index (χ3v) is 3.72. The lowest BCUT2D eigenvalue weighted by atomic mass is 9.96. The second-order valence-corrected chi connectivity index (χ2v) is 5.09. The van der Waals surface area contributed by atoms with Crippen molar-refractivity contribution in [2.24, 2.45) is 11.7 Å². The van der Waals surface area contributed by atoms with Crippen molar-refractivity contribution in [3.63, 3.8) is 0 Å². The highest BCUT2D eigenvalue weighted by atomic mass is 32.1. The van der Waals surface area contributed by atoms with Crippen molar-refractivity contribution in [3.8, 4) is 0 Å². The summed E-state index contributed by atoms with van der Waals surface area (Å²) in [5, 5.41) is 2.82. The first kappa shape index (κ1) is 13.7. The number of rotatable bonds is 2. The van der Waals surface area contributed by atoms with Gasteiger partial charge in [-0.3, -0.25) is 4.79 Å². The van der Waals surface area contributed by atoms with Crippen molar-refractivity contribution in [2.75, 3.05) is 18.4 Å². The van der Waals surface area contributed by atoms with E-state index in [0.717, 1.165) is 4.90 Å². The lowest BCUT2D eigenvalue weighted by Gasteiger charge is -2.30. The number of benzene rings is 1. The summed E-state index contributed by atoms with van der Waals surface area (Å²) < 4.78 is 0. The number of piperidine rings is 1. The van der Waals surface area contributed by atoms with Crippen LogP contribution in [-0.4, -0.2) is 29.9 Å². The third-order valence-electron chi connectivity index (χ3n) is 3.33. The minimum absolute atomic E-state index is 0.110. The number of hydrogen-bond donors (Lipinski definition) is 3. The highest BCUT2D eigenvalue weighted by Gasteiger charge is 2.25. The van der Waals surface area contributed by atoms with Crippen molar-refractivity contribution in [1.82, 2.24) is 4.90 Å². The average Bonchev–Trinajstić information content (AvgIpc) is 2.41. The van der Waals surface area contributed by atoms with Gasteiger partial charge < -0.3 is 16.0 Å². The van der Waals surface area contributed by atoms with Crippen LogP contribution in [0, 0.1) is 5.92 Å². The van der Waals surface area contributed by atoms with Gasteiger partial charge in [-0.15, -0.1) is 12.6 Å². The summed E-state index contributed by atoms with van der Waals surface area (Å²) in [6, 6.07) is 7.16. The molecule has 1 aromatic rings. The number of anilines is 1. The normalized spacial score (nSPS) is 16.2. The molecule has 1 heterocycles. The van der Waals surface area contributed by atoms with E-state index in [0.29, 0.717) is 31.6 Å². The van der Waals surface area contributed by atoms with Crippen molar-refractivity contribution in [2.45, 2.75) is 17.7 Å². The number of nitrogens with zero attached hydrogens (tertiary/aromatic N) is 1. The molecule has 0 saturated carbocycles. The zero-order valence-electron chi connectivity index (χ0n) is 10.5. The molecule has 0 unspecified atom stereocenters. The van der Waals surface area contributed by atoms with E-state index in [-0.39, 0.29) is 17.9 Å². The maximum atomic E-state index is 12.1. The number of primary amides is 1. The largest absolute Gasteiger partial charge is 0.369 e. The Balaban J connectivity index is 1.92. The standard InChI is InChI=1S/C13H17N3O2S/c14-12(17)9-5-7-16(8-6-9)13(18)15-10-3-1-2-4-11(10)19/h1-4,9,19H,5-8H2,(H2,14,17)(H,15,18). The molecule has 0 aliphatic carbocycles. The fourth-order valence-electron chi connectivity index (χ4n) is 2.14. The van der Waals surface area contributed by atoms with E-state index >= 15 is 0 Å². The van der Waals surface area contributed by atoms with Crippen LogP contribution in [0.15, 0.2) is 29.2 Å². The molecule has 0 radical (unpaired) electrons. The number of amides is 3. The Kier molecular flexibility index (Phi) is 4.31. The second-order valence-electron chi connectivity index (χ2n) is 4.61. The first-order chi connectivity index (χ1) is 9.08. The molecule has 0 atom stereocenters. The van der Waals surface area contributed by atoms with E-state index in [9.17, 15) is 9.59 Å². The van der Waals surface area contributed by atoms with Gasteiger partial charge in [-0.05, 0) is 25.0 Å². The summed E-state index contributed by atoms with van der Waals surface area (Å²) in [4.78, 5) is 25.5. The Morgan fingerprint density at radius 3 is 2.47 bits per heavy atom. The molecule has 1 aliphatic rings. The van der Waals surface area contributed by atoms with Gasteiger partial charge in [0.15, 0.2) is 0 Å². The smallest absolute Gasteiger partial charge is 0.321 e. The highest BCUT2D eigenvalue weighted by Crippen LogP contribution is 2.21.